The van der Waals surface area contributed by atoms with Gasteiger partial charge in [-0.3, -0.25) is 9.59 Å². The third kappa shape index (κ3) is 5.61. The molecule has 2 aliphatic rings. The molecule has 2 aliphatic heterocycles. The third-order valence-electron chi connectivity index (χ3n) is 4.95. The van der Waals surface area contributed by atoms with Gasteiger partial charge < -0.3 is 50.6 Å². The van der Waals surface area contributed by atoms with E-state index in [4.69, 9.17) is 24.7 Å². The Hall–Kier alpha value is -1.38. The van der Waals surface area contributed by atoms with E-state index in [1.165, 1.54) is 20.8 Å². The minimum Gasteiger partial charge on any atom is -0.388 e. The van der Waals surface area contributed by atoms with Crippen LogP contribution in [0.3, 0.4) is 0 Å². The number of nitrogens with two attached hydrogens (primary N) is 1. The van der Waals surface area contributed by atoms with E-state index in [1.807, 2.05) is 0 Å². The van der Waals surface area contributed by atoms with Gasteiger partial charge in [0.05, 0.1) is 18.9 Å². The van der Waals surface area contributed by atoms with Crippen LogP contribution in [0.25, 0.3) is 0 Å². The average Bonchev–Trinajstić information content (AvgIpc) is 2.63. The molecule has 2 rings (SSSR count). The molecule has 0 aromatic rings. The highest BCUT2D eigenvalue weighted by Crippen LogP contribution is 2.29. The smallest absolute Gasteiger partial charge is 0.217 e. The molecule has 10 atom stereocenters. The molecule has 0 aromatic carbocycles. The van der Waals surface area contributed by atoms with Gasteiger partial charge in [0.25, 0.3) is 0 Å². The minimum absolute atomic E-state index is 0.202. The Balaban J connectivity index is 2.30. The molecule has 12 nitrogen and oxygen atoms in total. The Morgan fingerprint density at radius 1 is 0.897 bits per heavy atom. The van der Waals surface area contributed by atoms with E-state index in [0.717, 1.165) is 0 Å². The van der Waals surface area contributed by atoms with Crippen molar-refractivity contribution in [1.82, 2.24) is 10.6 Å². The monoisotopic (exact) mass is 421 g/mol. The second-order valence-electron chi connectivity index (χ2n) is 7.28. The molecule has 2 saturated heterocycles. The first-order valence-electron chi connectivity index (χ1n) is 9.43. The van der Waals surface area contributed by atoms with Crippen molar-refractivity contribution in [2.45, 2.75) is 89.0 Å². The van der Waals surface area contributed by atoms with Crippen molar-refractivity contribution in [3.63, 3.8) is 0 Å². The van der Waals surface area contributed by atoms with Crippen LogP contribution in [0.2, 0.25) is 0 Å². The molecule has 4 unspecified atom stereocenters. The molecule has 0 spiro atoms. The number of aliphatic hydroxyl groups is 3. The third-order valence-corrected chi connectivity index (χ3v) is 4.95. The maximum atomic E-state index is 11.7. The van der Waals surface area contributed by atoms with Crippen molar-refractivity contribution in [2.75, 3.05) is 6.73 Å². The summed E-state index contributed by atoms with van der Waals surface area (Å²) in [6, 6.07) is -2.07. The number of carbonyl (C=O) groups is 2. The molecular weight excluding hydrogens is 390 g/mol. The maximum Gasteiger partial charge on any atom is 0.217 e. The summed E-state index contributed by atoms with van der Waals surface area (Å²) >= 11 is 0. The minimum atomic E-state index is -1.38. The van der Waals surface area contributed by atoms with Gasteiger partial charge in [-0.2, -0.15) is 0 Å². The van der Waals surface area contributed by atoms with E-state index in [9.17, 15) is 24.9 Å². The van der Waals surface area contributed by atoms with Crippen molar-refractivity contribution < 1.29 is 43.9 Å². The molecule has 0 radical (unpaired) electrons. The lowest BCUT2D eigenvalue weighted by atomic mass is 9.95. The van der Waals surface area contributed by atoms with E-state index in [1.54, 1.807) is 6.92 Å². The fraction of sp³-hybridized carbons (Fsp3) is 0.882. The van der Waals surface area contributed by atoms with Gasteiger partial charge in [-0.1, -0.05) is 0 Å². The lowest BCUT2D eigenvalue weighted by Gasteiger charge is -2.47. The highest BCUT2D eigenvalue weighted by molar-refractivity contribution is 5.73. The van der Waals surface area contributed by atoms with Crippen LogP contribution in [0, 0.1) is 0 Å². The van der Waals surface area contributed by atoms with Gasteiger partial charge in [-0.05, 0) is 13.8 Å². The van der Waals surface area contributed by atoms with Gasteiger partial charge in [0.2, 0.25) is 11.8 Å². The molecule has 2 amide bonds. The van der Waals surface area contributed by atoms with Crippen molar-refractivity contribution in [2.24, 2.45) is 5.73 Å². The number of rotatable bonds is 6. The summed E-state index contributed by atoms with van der Waals surface area (Å²) in [5.41, 5.74) is 5.44. The molecule has 0 bridgehead atoms. The Labute approximate surface area is 168 Å². The number of carbonyl (C=O) groups excluding carboxylic acids is 2. The van der Waals surface area contributed by atoms with Gasteiger partial charge in [-0.25, -0.2) is 0 Å². The van der Waals surface area contributed by atoms with Crippen LogP contribution >= 0.6 is 0 Å². The lowest BCUT2D eigenvalue weighted by molar-refractivity contribution is -0.320. The number of amides is 2. The molecule has 168 valence electrons. The largest absolute Gasteiger partial charge is 0.388 e. The summed E-state index contributed by atoms with van der Waals surface area (Å²) in [5, 5.41) is 36.2. The molecule has 29 heavy (non-hydrogen) atoms. The Bertz CT molecular complexity index is 580. The predicted molar refractivity (Wildman–Crippen MR) is 96.9 cm³/mol. The van der Waals surface area contributed by atoms with Crippen LogP contribution in [0.1, 0.15) is 27.7 Å². The van der Waals surface area contributed by atoms with Crippen LogP contribution in [0.5, 0.6) is 0 Å². The normalized spacial score (nSPS) is 42.9. The number of ether oxygens (including phenoxy) is 4. The van der Waals surface area contributed by atoms with Gasteiger partial charge in [0.1, 0.15) is 36.5 Å². The highest BCUT2D eigenvalue weighted by Gasteiger charge is 2.50. The van der Waals surface area contributed by atoms with Crippen molar-refractivity contribution in [3.8, 4) is 0 Å². The number of hydrogen-bond donors (Lipinski definition) is 6. The predicted octanol–water partition coefficient (Wildman–Crippen LogP) is -3.11. The number of nitrogens with one attached hydrogen (secondary N) is 2. The molecule has 0 aromatic heterocycles. The van der Waals surface area contributed by atoms with E-state index in [-0.39, 0.29) is 6.73 Å². The molecule has 2 heterocycles. The summed E-state index contributed by atoms with van der Waals surface area (Å²) in [4.78, 5) is 23.3. The summed E-state index contributed by atoms with van der Waals surface area (Å²) < 4.78 is 22.5. The molecule has 12 heteroatoms. The first-order chi connectivity index (χ1) is 13.6. The SMILES string of the molecule is CC(=O)NC1[C@H](O[C@@H]2C(NC(C)=O)[C@H](OCN)OC(C)[C@@H]2O)OC(C)[C@@H](O)[C@@H]1O. The fourth-order valence-electron chi connectivity index (χ4n) is 3.49. The van der Waals surface area contributed by atoms with Gasteiger partial charge >= 0.3 is 0 Å². The summed E-state index contributed by atoms with van der Waals surface area (Å²) in [7, 11) is 0. The Kier molecular flexibility index (Phi) is 8.31. The van der Waals surface area contributed by atoms with E-state index >= 15 is 0 Å². The zero-order chi connectivity index (χ0) is 21.9. The van der Waals surface area contributed by atoms with Crippen molar-refractivity contribution in [3.05, 3.63) is 0 Å². The van der Waals surface area contributed by atoms with Crippen molar-refractivity contribution in [1.29, 1.82) is 0 Å². The zero-order valence-corrected chi connectivity index (χ0v) is 16.8. The summed E-state index contributed by atoms with van der Waals surface area (Å²) in [6.07, 6.45) is -8.72. The number of hydrogen-bond acceptors (Lipinski definition) is 10. The summed E-state index contributed by atoms with van der Waals surface area (Å²) in [6.45, 7) is 5.44. The van der Waals surface area contributed by atoms with Crippen LogP contribution in [0.4, 0.5) is 0 Å². The second-order valence-corrected chi connectivity index (χ2v) is 7.28. The molecule has 2 fully saturated rings. The fourth-order valence-corrected chi connectivity index (χ4v) is 3.49. The first-order valence-corrected chi connectivity index (χ1v) is 9.43. The van der Waals surface area contributed by atoms with Crippen LogP contribution in [0.15, 0.2) is 0 Å². The van der Waals surface area contributed by atoms with Gasteiger partial charge in [-0.15, -0.1) is 0 Å². The second kappa shape index (κ2) is 10.1. The first kappa shape index (κ1) is 23.9. The van der Waals surface area contributed by atoms with Crippen LogP contribution in [-0.4, -0.2) is 95.2 Å². The summed E-state index contributed by atoms with van der Waals surface area (Å²) in [5.74, 6) is -0.900. The molecule has 0 aliphatic carbocycles. The standard InChI is InChI=1S/C17H31N3O9/c1-6-12(23)14(25)10(19-8(3)21)17(28-6)29-15-11(20-9(4)22)16(26-5-18)27-7(2)13(15)24/h6-7,10-17,23-25H,5,18H2,1-4H3,(H,19,21)(H,20,22)/t6?,7?,10?,11?,12-,13+,14-,15-,16-,17+/m1/s1. The Morgan fingerprint density at radius 2 is 1.41 bits per heavy atom. The quantitative estimate of drug-likeness (QED) is 0.240. The van der Waals surface area contributed by atoms with E-state index in [2.05, 4.69) is 10.6 Å². The number of aliphatic hydroxyl groups excluding tert-OH is 3. The van der Waals surface area contributed by atoms with Gasteiger partial charge in [0.15, 0.2) is 12.6 Å². The van der Waals surface area contributed by atoms with Crippen molar-refractivity contribution >= 4 is 11.8 Å². The van der Waals surface area contributed by atoms with Crippen LogP contribution in [-0.2, 0) is 28.5 Å². The zero-order valence-electron chi connectivity index (χ0n) is 16.8. The lowest BCUT2D eigenvalue weighted by Crippen LogP contribution is -2.68. The maximum absolute atomic E-state index is 11.7. The molecular formula is C17H31N3O9. The van der Waals surface area contributed by atoms with Gasteiger partial charge in [0, 0.05) is 13.8 Å². The molecule has 0 saturated carbocycles. The van der Waals surface area contributed by atoms with E-state index in [0.29, 0.717) is 0 Å². The van der Waals surface area contributed by atoms with Crippen LogP contribution < -0.4 is 16.4 Å². The topological polar surface area (TPSA) is 182 Å². The highest BCUT2D eigenvalue weighted by atomic mass is 16.7. The average molecular weight is 421 g/mol. The Morgan fingerprint density at radius 3 is 1.97 bits per heavy atom. The van der Waals surface area contributed by atoms with E-state index < -0.39 is 73.1 Å². The molecule has 7 N–H and O–H groups in total.